The second-order valence-corrected chi connectivity index (χ2v) is 5.98. The first-order valence-electron chi connectivity index (χ1n) is 8.43. The van der Waals surface area contributed by atoms with E-state index < -0.39 is 0 Å². The van der Waals surface area contributed by atoms with Crippen molar-refractivity contribution in [3.63, 3.8) is 0 Å². The summed E-state index contributed by atoms with van der Waals surface area (Å²) in [6, 6.07) is 16.5. The number of nitrogens with zero attached hydrogens (tertiary/aromatic N) is 2. The van der Waals surface area contributed by atoms with Crippen molar-refractivity contribution in [1.29, 1.82) is 0 Å². The topological polar surface area (TPSA) is 39.1 Å². The molecule has 0 saturated carbocycles. The van der Waals surface area contributed by atoms with Crippen LogP contribution in [0.3, 0.4) is 0 Å². The van der Waals surface area contributed by atoms with Crippen molar-refractivity contribution < 1.29 is 4.74 Å². The quantitative estimate of drug-likeness (QED) is 0.783. The van der Waals surface area contributed by atoms with Gasteiger partial charge in [0.2, 0.25) is 0 Å². The van der Waals surface area contributed by atoms with Crippen LogP contribution in [0.5, 0.6) is 5.75 Å². The summed E-state index contributed by atoms with van der Waals surface area (Å²) < 4.78 is 7.80. The van der Waals surface area contributed by atoms with E-state index in [9.17, 15) is 0 Å². The highest BCUT2D eigenvalue weighted by Gasteiger charge is 2.25. The minimum Gasteiger partial charge on any atom is -0.492 e. The molecule has 2 heterocycles. The highest BCUT2D eigenvalue weighted by atomic mass is 16.5. The number of hydrogen-bond acceptors (Lipinski definition) is 3. The maximum absolute atomic E-state index is 5.80. The number of aromatic nitrogens is 2. The molecule has 0 bridgehead atoms. The van der Waals surface area contributed by atoms with Crippen LogP contribution in [0.2, 0.25) is 0 Å². The van der Waals surface area contributed by atoms with Gasteiger partial charge < -0.3 is 10.1 Å². The highest BCUT2D eigenvalue weighted by Crippen LogP contribution is 2.37. The van der Waals surface area contributed by atoms with Gasteiger partial charge in [-0.15, -0.1) is 0 Å². The average Bonchev–Trinajstić information content (AvgIpc) is 3.19. The van der Waals surface area contributed by atoms with Crippen LogP contribution in [0.4, 0.5) is 5.82 Å². The summed E-state index contributed by atoms with van der Waals surface area (Å²) in [7, 11) is 0. The summed E-state index contributed by atoms with van der Waals surface area (Å²) in [6.45, 7) is 5.72. The Morgan fingerprint density at radius 3 is 2.75 bits per heavy atom. The fourth-order valence-corrected chi connectivity index (χ4v) is 3.31. The molecular formula is C20H21N3O. The molecule has 4 nitrogen and oxygen atoms in total. The van der Waals surface area contributed by atoms with Crippen molar-refractivity contribution in [2.24, 2.45) is 0 Å². The van der Waals surface area contributed by atoms with E-state index in [1.807, 2.05) is 29.8 Å². The maximum atomic E-state index is 5.80. The molecule has 1 N–H and O–H groups in total. The molecule has 0 spiro atoms. The SMILES string of the molecule is CCOc1ccccc1-n1nc(-c2ccccc2C)c2c1NCC2. The number of nitrogens with one attached hydrogen (secondary N) is 1. The zero-order chi connectivity index (χ0) is 16.5. The van der Waals surface area contributed by atoms with Crippen molar-refractivity contribution in [3.8, 4) is 22.7 Å². The molecule has 4 rings (SSSR count). The lowest BCUT2D eigenvalue weighted by Crippen LogP contribution is -2.06. The molecule has 122 valence electrons. The van der Waals surface area contributed by atoms with Crippen molar-refractivity contribution in [2.75, 3.05) is 18.5 Å². The second-order valence-electron chi connectivity index (χ2n) is 5.98. The number of ether oxygens (including phenoxy) is 1. The number of rotatable bonds is 4. The fourth-order valence-electron chi connectivity index (χ4n) is 3.31. The van der Waals surface area contributed by atoms with Crippen LogP contribution in [0, 0.1) is 6.92 Å². The molecule has 1 aliphatic heterocycles. The van der Waals surface area contributed by atoms with Gasteiger partial charge in [0, 0.05) is 17.7 Å². The van der Waals surface area contributed by atoms with Gasteiger partial charge in [-0.3, -0.25) is 0 Å². The Kier molecular flexibility index (Phi) is 3.73. The van der Waals surface area contributed by atoms with E-state index in [0.29, 0.717) is 6.61 Å². The predicted molar refractivity (Wildman–Crippen MR) is 97.1 cm³/mol. The van der Waals surface area contributed by atoms with Gasteiger partial charge in [-0.25, -0.2) is 4.68 Å². The summed E-state index contributed by atoms with van der Waals surface area (Å²) in [5, 5.41) is 8.44. The third kappa shape index (κ3) is 2.35. The minimum absolute atomic E-state index is 0.637. The van der Waals surface area contributed by atoms with Crippen LogP contribution in [-0.2, 0) is 6.42 Å². The molecule has 2 aromatic carbocycles. The number of benzene rings is 2. The van der Waals surface area contributed by atoms with Gasteiger partial charge >= 0.3 is 0 Å². The Hall–Kier alpha value is -2.75. The molecule has 0 saturated heterocycles. The Balaban J connectivity index is 1.91. The first kappa shape index (κ1) is 14.8. The number of hydrogen-bond donors (Lipinski definition) is 1. The van der Waals surface area contributed by atoms with Gasteiger partial charge in [-0.2, -0.15) is 5.10 Å². The largest absolute Gasteiger partial charge is 0.492 e. The summed E-state index contributed by atoms with van der Waals surface area (Å²) in [5.74, 6) is 1.94. The Labute approximate surface area is 142 Å². The van der Waals surface area contributed by atoms with Crippen molar-refractivity contribution in [3.05, 3.63) is 59.7 Å². The Bertz CT molecular complexity index is 882. The molecule has 0 amide bonds. The van der Waals surface area contributed by atoms with E-state index in [0.717, 1.165) is 35.9 Å². The third-order valence-corrected chi connectivity index (χ3v) is 4.44. The van der Waals surface area contributed by atoms with Crippen molar-refractivity contribution in [1.82, 2.24) is 9.78 Å². The lowest BCUT2D eigenvalue weighted by molar-refractivity contribution is 0.338. The van der Waals surface area contributed by atoms with Crippen LogP contribution in [0.25, 0.3) is 16.9 Å². The number of para-hydroxylation sites is 2. The molecule has 0 fully saturated rings. The monoisotopic (exact) mass is 319 g/mol. The van der Waals surface area contributed by atoms with E-state index in [1.54, 1.807) is 0 Å². The van der Waals surface area contributed by atoms with E-state index in [2.05, 4.69) is 42.6 Å². The van der Waals surface area contributed by atoms with Crippen molar-refractivity contribution >= 4 is 5.82 Å². The molecule has 0 unspecified atom stereocenters. The highest BCUT2D eigenvalue weighted by molar-refractivity contribution is 5.75. The number of aryl methyl sites for hydroxylation is 1. The standard InChI is InChI=1S/C20H21N3O/c1-3-24-18-11-7-6-10-17(18)23-20-16(12-13-21-20)19(22-23)15-9-5-4-8-14(15)2/h4-11,21H,3,12-13H2,1-2H3. The molecule has 1 aliphatic rings. The molecule has 0 atom stereocenters. The normalized spacial score (nSPS) is 12.8. The van der Waals surface area contributed by atoms with E-state index in [1.165, 1.54) is 16.7 Å². The average molecular weight is 319 g/mol. The fraction of sp³-hybridized carbons (Fsp3) is 0.250. The van der Waals surface area contributed by atoms with Crippen LogP contribution >= 0.6 is 0 Å². The smallest absolute Gasteiger partial charge is 0.145 e. The molecule has 1 aromatic heterocycles. The summed E-state index contributed by atoms with van der Waals surface area (Å²) >= 11 is 0. The van der Waals surface area contributed by atoms with E-state index in [-0.39, 0.29) is 0 Å². The molecule has 4 heteroatoms. The molecule has 0 radical (unpaired) electrons. The minimum atomic E-state index is 0.637. The zero-order valence-electron chi connectivity index (χ0n) is 14.0. The van der Waals surface area contributed by atoms with Gasteiger partial charge in [0.05, 0.1) is 12.3 Å². The van der Waals surface area contributed by atoms with Gasteiger partial charge in [-0.05, 0) is 38.0 Å². The van der Waals surface area contributed by atoms with Crippen LogP contribution in [0.15, 0.2) is 48.5 Å². The van der Waals surface area contributed by atoms with Gasteiger partial charge in [-0.1, -0.05) is 36.4 Å². The van der Waals surface area contributed by atoms with Crippen LogP contribution < -0.4 is 10.1 Å². The molecular weight excluding hydrogens is 298 g/mol. The van der Waals surface area contributed by atoms with Crippen LogP contribution in [-0.4, -0.2) is 22.9 Å². The van der Waals surface area contributed by atoms with Gasteiger partial charge in [0.1, 0.15) is 17.3 Å². The van der Waals surface area contributed by atoms with E-state index >= 15 is 0 Å². The summed E-state index contributed by atoms with van der Waals surface area (Å²) in [5.41, 5.74) is 5.78. The van der Waals surface area contributed by atoms with Crippen molar-refractivity contribution in [2.45, 2.75) is 20.3 Å². The molecule has 3 aromatic rings. The second kappa shape index (κ2) is 6.04. The summed E-state index contributed by atoms with van der Waals surface area (Å²) in [6.07, 6.45) is 0.996. The predicted octanol–water partition coefficient (Wildman–Crippen LogP) is 4.21. The summed E-state index contributed by atoms with van der Waals surface area (Å²) in [4.78, 5) is 0. The third-order valence-electron chi connectivity index (χ3n) is 4.44. The molecule has 24 heavy (non-hydrogen) atoms. The first-order valence-corrected chi connectivity index (χ1v) is 8.43. The van der Waals surface area contributed by atoms with Crippen LogP contribution in [0.1, 0.15) is 18.1 Å². The van der Waals surface area contributed by atoms with Gasteiger partial charge in [0.25, 0.3) is 0 Å². The van der Waals surface area contributed by atoms with Gasteiger partial charge in [0.15, 0.2) is 0 Å². The maximum Gasteiger partial charge on any atom is 0.145 e. The Morgan fingerprint density at radius 1 is 1.12 bits per heavy atom. The Morgan fingerprint density at radius 2 is 1.92 bits per heavy atom. The zero-order valence-corrected chi connectivity index (χ0v) is 14.0. The van der Waals surface area contributed by atoms with E-state index in [4.69, 9.17) is 9.84 Å². The number of anilines is 1. The lowest BCUT2D eigenvalue weighted by Gasteiger charge is -2.12. The lowest BCUT2D eigenvalue weighted by atomic mass is 10.0. The number of fused-ring (bicyclic) bond motifs is 1. The molecule has 0 aliphatic carbocycles. The first-order chi connectivity index (χ1) is 11.8.